The van der Waals surface area contributed by atoms with Crippen molar-refractivity contribution in [1.82, 2.24) is 9.55 Å². The molecule has 1 atom stereocenters. The van der Waals surface area contributed by atoms with Gasteiger partial charge in [0.25, 0.3) is 11.2 Å². The summed E-state index contributed by atoms with van der Waals surface area (Å²) in [5.74, 6) is -0.384. The topological polar surface area (TPSA) is 107 Å². The zero-order valence-electron chi connectivity index (χ0n) is 17.0. The van der Waals surface area contributed by atoms with Gasteiger partial charge in [0.1, 0.15) is 10.9 Å². The molecule has 162 valence electrons. The Morgan fingerprint density at radius 3 is 2.66 bits per heavy atom. The van der Waals surface area contributed by atoms with Crippen LogP contribution in [-0.4, -0.2) is 20.4 Å². The Bertz CT molecular complexity index is 1410. The summed E-state index contributed by atoms with van der Waals surface area (Å²) in [5, 5.41) is 16.4. The number of carbonyl (C=O) groups is 1. The van der Waals surface area contributed by atoms with Crippen LogP contribution in [0.1, 0.15) is 18.5 Å². The summed E-state index contributed by atoms with van der Waals surface area (Å²) in [6.07, 6.45) is 1.36. The van der Waals surface area contributed by atoms with E-state index in [0.717, 1.165) is 5.56 Å². The van der Waals surface area contributed by atoms with Gasteiger partial charge in [0.2, 0.25) is 5.91 Å². The van der Waals surface area contributed by atoms with Crippen LogP contribution in [-0.2, 0) is 4.79 Å². The van der Waals surface area contributed by atoms with Crippen LogP contribution in [0.2, 0.25) is 5.02 Å². The first kappa shape index (κ1) is 21.7. The number of benzene rings is 2. The van der Waals surface area contributed by atoms with Crippen molar-refractivity contribution in [2.75, 3.05) is 5.32 Å². The van der Waals surface area contributed by atoms with Crippen LogP contribution in [0.15, 0.2) is 59.0 Å². The van der Waals surface area contributed by atoms with E-state index < -0.39 is 11.0 Å². The molecule has 4 rings (SSSR count). The SMILES string of the molecule is Cc1ccc(Cl)cc1NC(=O)C(C)n1cnc2scc(-c3ccc([N+](=O)[O-])cc3)c2c1=O. The number of thiophene rings is 1. The second-order valence-corrected chi connectivity index (χ2v) is 8.51. The Morgan fingerprint density at radius 1 is 1.25 bits per heavy atom. The van der Waals surface area contributed by atoms with Crippen LogP contribution >= 0.6 is 22.9 Å². The van der Waals surface area contributed by atoms with Gasteiger partial charge in [-0.15, -0.1) is 11.3 Å². The Hall–Kier alpha value is -3.56. The predicted octanol–water partition coefficient (Wildman–Crippen LogP) is 5.19. The number of carbonyl (C=O) groups excluding carboxylic acids is 1. The van der Waals surface area contributed by atoms with Crippen molar-refractivity contribution in [2.24, 2.45) is 0 Å². The number of hydrogen-bond donors (Lipinski definition) is 1. The highest BCUT2D eigenvalue weighted by Gasteiger charge is 2.21. The lowest BCUT2D eigenvalue weighted by Gasteiger charge is -2.16. The number of hydrogen-bond acceptors (Lipinski definition) is 6. The molecule has 8 nitrogen and oxygen atoms in total. The van der Waals surface area contributed by atoms with Gasteiger partial charge in [-0.05, 0) is 49.2 Å². The number of halogens is 1. The van der Waals surface area contributed by atoms with Crippen molar-refractivity contribution in [3.05, 3.63) is 85.2 Å². The molecule has 2 aromatic carbocycles. The number of nitrogens with one attached hydrogen (secondary N) is 1. The molecule has 0 aliphatic heterocycles. The third-order valence-electron chi connectivity index (χ3n) is 5.16. The van der Waals surface area contributed by atoms with Crippen molar-refractivity contribution in [2.45, 2.75) is 19.9 Å². The van der Waals surface area contributed by atoms with Gasteiger partial charge in [-0.3, -0.25) is 24.3 Å². The lowest BCUT2D eigenvalue weighted by Crippen LogP contribution is -2.31. The van der Waals surface area contributed by atoms with Gasteiger partial charge in [-0.25, -0.2) is 4.98 Å². The van der Waals surface area contributed by atoms with E-state index in [0.29, 0.717) is 32.1 Å². The minimum atomic E-state index is -0.831. The third kappa shape index (κ3) is 4.00. The number of amides is 1. The monoisotopic (exact) mass is 468 g/mol. The molecule has 0 bridgehead atoms. The molecule has 32 heavy (non-hydrogen) atoms. The number of aromatic nitrogens is 2. The molecule has 2 aromatic heterocycles. The molecule has 1 amide bonds. The fraction of sp³-hybridized carbons (Fsp3) is 0.136. The Kier molecular flexibility index (Phi) is 5.77. The number of nitro groups is 1. The third-order valence-corrected chi connectivity index (χ3v) is 6.28. The van der Waals surface area contributed by atoms with Crippen molar-refractivity contribution < 1.29 is 9.72 Å². The van der Waals surface area contributed by atoms with Crippen molar-refractivity contribution in [1.29, 1.82) is 0 Å². The molecule has 0 radical (unpaired) electrons. The van der Waals surface area contributed by atoms with E-state index in [1.165, 1.54) is 34.4 Å². The van der Waals surface area contributed by atoms with Gasteiger partial charge in [0.05, 0.1) is 16.6 Å². The molecule has 1 unspecified atom stereocenters. The normalized spacial score (nSPS) is 12.0. The summed E-state index contributed by atoms with van der Waals surface area (Å²) < 4.78 is 1.28. The van der Waals surface area contributed by atoms with Crippen LogP contribution < -0.4 is 10.9 Å². The average molecular weight is 469 g/mol. The number of non-ortho nitro benzene ring substituents is 1. The standard InChI is InChI=1S/C22H17ClN4O4S/c1-12-3-6-15(23)9-18(12)25-20(28)13(2)26-11-24-21-19(22(26)29)17(10-32-21)14-4-7-16(8-5-14)27(30)31/h3-11,13H,1-2H3,(H,25,28). The molecule has 2 heterocycles. The van der Waals surface area contributed by atoms with E-state index >= 15 is 0 Å². The molecule has 0 fully saturated rings. The average Bonchev–Trinajstić information content (AvgIpc) is 3.21. The number of rotatable bonds is 5. The Morgan fingerprint density at radius 2 is 1.97 bits per heavy atom. The molecule has 0 aliphatic rings. The molecule has 1 N–H and O–H groups in total. The minimum absolute atomic E-state index is 0.0366. The van der Waals surface area contributed by atoms with Crippen LogP contribution in [0, 0.1) is 17.0 Å². The quantitative estimate of drug-likeness (QED) is 0.320. The summed E-state index contributed by atoms with van der Waals surface area (Å²) in [7, 11) is 0. The molecule has 0 saturated heterocycles. The molecule has 10 heteroatoms. The number of nitro benzene ring substituents is 1. The lowest BCUT2D eigenvalue weighted by molar-refractivity contribution is -0.384. The van der Waals surface area contributed by atoms with E-state index in [1.54, 1.807) is 42.6 Å². The maximum Gasteiger partial charge on any atom is 0.269 e. The van der Waals surface area contributed by atoms with Crippen LogP contribution in [0.4, 0.5) is 11.4 Å². The second kappa shape index (κ2) is 8.52. The fourth-order valence-corrected chi connectivity index (χ4v) is 4.37. The lowest BCUT2D eigenvalue weighted by atomic mass is 10.1. The van der Waals surface area contributed by atoms with Gasteiger partial charge in [0, 0.05) is 33.8 Å². The van der Waals surface area contributed by atoms with Gasteiger partial charge in [-0.2, -0.15) is 0 Å². The summed E-state index contributed by atoms with van der Waals surface area (Å²) in [5.41, 5.74) is 2.28. The molecular formula is C22H17ClN4O4S. The van der Waals surface area contributed by atoms with Gasteiger partial charge in [-0.1, -0.05) is 17.7 Å². The molecule has 0 spiro atoms. The zero-order valence-corrected chi connectivity index (χ0v) is 18.6. The highest BCUT2D eigenvalue weighted by atomic mass is 35.5. The summed E-state index contributed by atoms with van der Waals surface area (Å²) in [6, 6.07) is 10.3. The Balaban J connectivity index is 1.71. The van der Waals surface area contributed by atoms with Crippen molar-refractivity contribution in [3.8, 4) is 11.1 Å². The maximum absolute atomic E-state index is 13.3. The minimum Gasteiger partial charge on any atom is -0.324 e. The maximum atomic E-state index is 13.3. The summed E-state index contributed by atoms with van der Waals surface area (Å²) in [6.45, 7) is 3.46. The van der Waals surface area contributed by atoms with E-state index in [1.807, 2.05) is 6.92 Å². The number of anilines is 1. The zero-order chi connectivity index (χ0) is 23.0. The van der Waals surface area contributed by atoms with E-state index in [9.17, 15) is 19.7 Å². The van der Waals surface area contributed by atoms with E-state index in [-0.39, 0.29) is 17.2 Å². The highest BCUT2D eigenvalue weighted by Crippen LogP contribution is 2.32. The Labute approximate surface area is 191 Å². The number of nitrogens with zero attached hydrogens (tertiary/aromatic N) is 3. The molecular weight excluding hydrogens is 452 g/mol. The summed E-state index contributed by atoms with van der Waals surface area (Å²) >= 11 is 7.32. The van der Waals surface area contributed by atoms with E-state index in [4.69, 9.17) is 11.6 Å². The second-order valence-electron chi connectivity index (χ2n) is 7.21. The predicted molar refractivity (Wildman–Crippen MR) is 126 cm³/mol. The molecule has 0 aliphatic carbocycles. The van der Waals surface area contributed by atoms with Crippen LogP contribution in [0.5, 0.6) is 0 Å². The first-order valence-corrected chi connectivity index (χ1v) is 10.8. The molecule has 4 aromatic rings. The van der Waals surface area contributed by atoms with Gasteiger partial charge in [0.15, 0.2) is 0 Å². The first-order chi connectivity index (χ1) is 15.3. The van der Waals surface area contributed by atoms with E-state index in [2.05, 4.69) is 10.3 Å². The summed E-state index contributed by atoms with van der Waals surface area (Å²) in [4.78, 5) is 41.5. The van der Waals surface area contributed by atoms with Crippen LogP contribution in [0.3, 0.4) is 0 Å². The number of fused-ring (bicyclic) bond motifs is 1. The number of aryl methyl sites for hydroxylation is 1. The highest BCUT2D eigenvalue weighted by molar-refractivity contribution is 7.17. The largest absolute Gasteiger partial charge is 0.324 e. The van der Waals surface area contributed by atoms with Crippen LogP contribution in [0.25, 0.3) is 21.3 Å². The van der Waals surface area contributed by atoms with Crippen molar-refractivity contribution >= 4 is 50.4 Å². The van der Waals surface area contributed by atoms with Gasteiger partial charge < -0.3 is 5.32 Å². The first-order valence-electron chi connectivity index (χ1n) is 9.56. The fourth-order valence-electron chi connectivity index (χ4n) is 3.29. The van der Waals surface area contributed by atoms with Gasteiger partial charge >= 0.3 is 0 Å². The smallest absolute Gasteiger partial charge is 0.269 e. The van der Waals surface area contributed by atoms with Crippen molar-refractivity contribution in [3.63, 3.8) is 0 Å². The molecule has 0 saturated carbocycles.